The second kappa shape index (κ2) is 6.84. The molecule has 1 heterocycles. The Hall–Kier alpha value is -0.700. The number of rotatable bonds is 7. The molecule has 0 aliphatic rings. The highest BCUT2D eigenvalue weighted by atomic mass is 32.2. The molecule has 0 aliphatic heterocycles. The van der Waals surface area contributed by atoms with Crippen molar-refractivity contribution >= 4 is 26.7 Å². The summed E-state index contributed by atoms with van der Waals surface area (Å²) in [5.74, 6) is 0. The largest absolute Gasteiger partial charge is 0.309 e. The second-order valence-corrected chi connectivity index (χ2v) is 7.98. The topological polar surface area (TPSA) is 83.1 Å². The number of thiazole rings is 1. The van der Waals surface area contributed by atoms with Crippen LogP contribution in [0.5, 0.6) is 0 Å². The van der Waals surface area contributed by atoms with E-state index < -0.39 is 15.7 Å². The van der Waals surface area contributed by atoms with Crippen molar-refractivity contribution in [2.45, 2.75) is 52.6 Å². The summed E-state index contributed by atoms with van der Waals surface area (Å²) < 4.78 is 28.8. The minimum absolute atomic E-state index is 0.111. The molecule has 0 amide bonds. The Morgan fingerprint density at radius 2 is 2.05 bits per heavy atom. The Labute approximate surface area is 125 Å². The molecule has 8 heteroatoms. The van der Waals surface area contributed by atoms with Gasteiger partial charge in [0.05, 0.1) is 5.69 Å². The molecule has 6 nitrogen and oxygen atoms in total. The summed E-state index contributed by atoms with van der Waals surface area (Å²) in [5.41, 5.74) is 0.318. The third kappa shape index (κ3) is 6.17. The second-order valence-electron chi connectivity index (χ2n) is 5.71. The molecule has 1 unspecified atom stereocenters. The molecule has 0 fully saturated rings. The van der Waals surface area contributed by atoms with Crippen LogP contribution in [0.3, 0.4) is 0 Å². The van der Waals surface area contributed by atoms with Gasteiger partial charge in [-0.05, 0) is 40.7 Å². The van der Waals surface area contributed by atoms with Crippen molar-refractivity contribution in [3.8, 4) is 0 Å². The van der Waals surface area contributed by atoms with E-state index >= 15 is 0 Å². The molecule has 1 aromatic heterocycles. The highest BCUT2D eigenvalue weighted by Gasteiger charge is 2.21. The SMILES string of the molecule is CCCNC(C)c1csc(NS(=O)(=O)NC(C)(C)C)n1. The average molecular weight is 320 g/mol. The van der Waals surface area contributed by atoms with Crippen molar-refractivity contribution in [1.29, 1.82) is 0 Å². The van der Waals surface area contributed by atoms with Gasteiger partial charge in [0.15, 0.2) is 5.13 Å². The molecular formula is C12H24N4O2S2. The van der Waals surface area contributed by atoms with Crippen LogP contribution in [-0.2, 0) is 10.2 Å². The number of hydrogen-bond acceptors (Lipinski definition) is 5. The van der Waals surface area contributed by atoms with Gasteiger partial charge in [-0.15, -0.1) is 11.3 Å². The molecular weight excluding hydrogens is 296 g/mol. The Morgan fingerprint density at radius 3 is 2.60 bits per heavy atom. The summed E-state index contributed by atoms with van der Waals surface area (Å²) in [6, 6.07) is 0.111. The van der Waals surface area contributed by atoms with Crippen LogP contribution in [-0.4, -0.2) is 25.5 Å². The van der Waals surface area contributed by atoms with Gasteiger partial charge < -0.3 is 5.32 Å². The first-order valence-electron chi connectivity index (χ1n) is 6.63. The van der Waals surface area contributed by atoms with E-state index in [1.807, 2.05) is 12.3 Å². The van der Waals surface area contributed by atoms with Crippen molar-refractivity contribution in [2.24, 2.45) is 0 Å². The van der Waals surface area contributed by atoms with Crippen LogP contribution < -0.4 is 14.8 Å². The van der Waals surface area contributed by atoms with Crippen molar-refractivity contribution in [3.05, 3.63) is 11.1 Å². The summed E-state index contributed by atoms with van der Waals surface area (Å²) in [5, 5.41) is 5.55. The fourth-order valence-corrected chi connectivity index (χ4v) is 3.84. The van der Waals surface area contributed by atoms with Gasteiger partial charge >= 0.3 is 10.2 Å². The lowest BCUT2D eigenvalue weighted by Crippen LogP contribution is -2.43. The molecule has 0 aliphatic carbocycles. The quantitative estimate of drug-likeness (QED) is 0.719. The third-order valence-corrected chi connectivity index (χ3v) is 4.58. The van der Waals surface area contributed by atoms with Crippen LogP contribution >= 0.6 is 11.3 Å². The van der Waals surface area contributed by atoms with E-state index in [4.69, 9.17) is 0 Å². The van der Waals surface area contributed by atoms with Gasteiger partial charge in [-0.2, -0.15) is 13.1 Å². The molecule has 0 bridgehead atoms. The van der Waals surface area contributed by atoms with Crippen molar-refractivity contribution in [2.75, 3.05) is 11.3 Å². The van der Waals surface area contributed by atoms with Crippen LogP contribution in [0.15, 0.2) is 5.38 Å². The molecule has 20 heavy (non-hydrogen) atoms. The molecule has 1 rings (SSSR count). The predicted octanol–water partition coefficient (Wildman–Crippen LogP) is 2.25. The molecule has 1 aromatic rings. The maximum absolute atomic E-state index is 11.9. The Morgan fingerprint density at radius 1 is 1.40 bits per heavy atom. The van der Waals surface area contributed by atoms with E-state index in [-0.39, 0.29) is 6.04 Å². The normalized spacial score (nSPS) is 14.2. The van der Waals surface area contributed by atoms with Gasteiger partial charge in [0.1, 0.15) is 0 Å². The summed E-state index contributed by atoms with van der Waals surface area (Å²) in [6.07, 6.45) is 1.05. The molecule has 3 N–H and O–H groups in total. The van der Waals surface area contributed by atoms with E-state index in [1.54, 1.807) is 20.8 Å². The average Bonchev–Trinajstić information content (AvgIpc) is 2.69. The third-order valence-electron chi connectivity index (χ3n) is 2.33. The van der Waals surface area contributed by atoms with E-state index in [1.165, 1.54) is 11.3 Å². The maximum Gasteiger partial charge on any atom is 0.301 e. The number of nitrogens with zero attached hydrogens (tertiary/aromatic N) is 1. The Kier molecular flexibility index (Phi) is 5.93. The lowest BCUT2D eigenvalue weighted by Gasteiger charge is -2.20. The van der Waals surface area contributed by atoms with Crippen LogP contribution in [0.25, 0.3) is 0 Å². The molecule has 0 aromatic carbocycles. The molecule has 0 spiro atoms. The van der Waals surface area contributed by atoms with Gasteiger partial charge in [-0.3, -0.25) is 0 Å². The maximum atomic E-state index is 11.9. The van der Waals surface area contributed by atoms with Crippen LogP contribution in [0.1, 0.15) is 52.8 Å². The zero-order chi connectivity index (χ0) is 15.4. The van der Waals surface area contributed by atoms with Crippen LogP contribution in [0.4, 0.5) is 5.13 Å². The molecule has 0 radical (unpaired) electrons. The fraction of sp³-hybridized carbons (Fsp3) is 0.750. The first kappa shape index (κ1) is 17.4. The minimum Gasteiger partial charge on any atom is -0.309 e. The summed E-state index contributed by atoms with van der Waals surface area (Å²) in [7, 11) is -3.59. The molecule has 1 atom stereocenters. The Balaban J connectivity index is 2.68. The molecule has 0 saturated carbocycles. The van der Waals surface area contributed by atoms with Crippen molar-refractivity contribution < 1.29 is 8.42 Å². The zero-order valence-electron chi connectivity index (χ0n) is 12.6. The lowest BCUT2D eigenvalue weighted by atomic mass is 10.1. The number of hydrogen-bond donors (Lipinski definition) is 3. The first-order valence-corrected chi connectivity index (χ1v) is 9.00. The van der Waals surface area contributed by atoms with Crippen molar-refractivity contribution in [3.63, 3.8) is 0 Å². The van der Waals surface area contributed by atoms with Gasteiger partial charge in [-0.25, -0.2) is 9.71 Å². The van der Waals surface area contributed by atoms with Gasteiger partial charge in [0.25, 0.3) is 0 Å². The smallest absolute Gasteiger partial charge is 0.301 e. The van der Waals surface area contributed by atoms with Crippen molar-refractivity contribution in [1.82, 2.24) is 15.0 Å². The van der Waals surface area contributed by atoms with E-state index in [9.17, 15) is 8.42 Å². The predicted molar refractivity (Wildman–Crippen MR) is 84.3 cm³/mol. The standard InChI is InChI=1S/C12H24N4O2S2/c1-6-7-13-9(2)10-8-19-11(14-10)15-20(17,18)16-12(3,4)5/h8-9,13,16H,6-7H2,1-5H3,(H,14,15). The highest BCUT2D eigenvalue weighted by Crippen LogP contribution is 2.21. The fourth-order valence-electron chi connectivity index (χ4n) is 1.54. The monoisotopic (exact) mass is 320 g/mol. The lowest BCUT2D eigenvalue weighted by molar-refractivity contribution is 0.494. The van der Waals surface area contributed by atoms with E-state index in [0.29, 0.717) is 5.13 Å². The minimum atomic E-state index is -3.59. The summed E-state index contributed by atoms with van der Waals surface area (Å²) >= 11 is 1.28. The van der Waals surface area contributed by atoms with Crippen LogP contribution in [0, 0.1) is 0 Å². The Bertz CT molecular complexity index is 520. The summed E-state index contributed by atoms with van der Waals surface area (Å²) in [4.78, 5) is 4.30. The highest BCUT2D eigenvalue weighted by molar-refractivity contribution is 7.91. The van der Waals surface area contributed by atoms with E-state index in [2.05, 4.69) is 26.7 Å². The molecule has 116 valence electrons. The van der Waals surface area contributed by atoms with Gasteiger partial charge in [0, 0.05) is 17.0 Å². The molecule has 0 saturated heterocycles. The summed E-state index contributed by atoms with van der Waals surface area (Å²) in [6.45, 7) is 10.4. The van der Waals surface area contributed by atoms with Crippen LogP contribution in [0.2, 0.25) is 0 Å². The van der Waals surface area contributed by atoms with Gasteiger partial charge in [-0.1, -0.05) is 6.92 Å². The van der Waals surface area contributed by atoms with Gasteiger partial charge in [0.2, 0.25) is 0 Å². The number of aromatic nitrogens is 1. The first-order chi connectivity index (χ1) is 9.13. The van der Waals surface area contributed by atoms with E-state index in [0.717, 1.165) is 18.7 Å². The number of nitrogens with one attached hydrogen (secondary N) is 3. The zero-order valence-corrected chi connectivity index (χ0v) is 14.3. The number of anilines is 1.